The first-order chi connectivity index (χ1) is 9.88. The van der Waals surface area contributed by atoms with Gasteiger partial charge in [-0.05, 0) is 35.8 Å². The van der Waals surface area contributed by atoms with Crippen molar-refractivity contribution in [1.82, 2.24) is 9.88 Å². The van der Waals surface area contributed by atoms with Crippen LogP contribution in [0, 0.1) is 0 Å². The summed E-state index contributed by atoms with van der Waals surface area (Å²) in [4.78, 5) is 29.8. The Hall–Kier alpha value is -1.25. The van der Waals surface area contributed by atoms with Gasteiger partial charge in [0.05, 0.1) is 4.88 Å². The first-order valence-corrected chi connectivity index (χ1v) is 8.66. The Kier molecular flexibility index (Phi) is 5.13. The lowest BCUT2D eigenvalue weighted by Crippen LogP contribution is -2.40. The highest BCUT2D eigenvalue weighted by Crippen LogP contribution is 2.32. The number of carboxylic acid groups (broad SMARTS) is 1. The van der Waals surface area contributed by atoms with Gasteiger partial charge in [0.2, 0.25) is 0 Å². The quantitative estimate of drug-likeness (QED) is 0.849. The van der Waals surface area contributed by atoms with Crippen molar-refractivity contribution in [3.8, 4) is 9.88 Å². The van der Waals surface area contributed by atoms with Gasteiger partial charge in [0, 0.05) is 21.3 Å². The van der Waals surface area contributed by atoms with Gasteiger partial charge in [-0.1, -0.05) is 0 Å². The molecule has 2 rings (SSSR count). The van der Waals surface area contributed by atoms with Crippen molar-refractivity contribution in [3.63, 3.8) is 0 Å². The van der Waals surface area contributed by atoms with Crippen LogP contribution in [-0.4, -0.2) is 39.5 Å². The van der Waals surface area contributed by atoms with Crippen LogP contribution >= 0.6 is 38.6 Å². The zero-order valence-electron chi connectivity index (χ0n) is 11.4. The highest BCUT2D eigenvalue weighted by Gasteiger charge is 2.23. The van der Waals surface area contributed by atoms with Crippen LogP contribution in [0.3, 0.4) is 0 Å². The van der Waals surface area contributed by atoms with Crippen molar-refractivity contribution in [2.75, 3.05) is 6.54 Å². The number of thiazole rings is 1. The van der Waals surface area contributed by atoms with E-state index >= 15 is 0 Å². The summed E-state index contributed by atoms with van der Waals surface area (Å²) in [6, 6.07) is 1.74. The molecule has 0 aliphatic carbocycles. The molecule has 0 spiro atoms. The Morgan fingerprint density at radius 3 is 2.62 bits per heavy atom. The molecule has 8 heteroatoms. The van der Waals surface area contributed by atoms with E-state index in [1.807, 2.05) is 11.4 Å². The van der Waals surface area contributed by atoms with Crippen molar-refractivity contribution < 1.29 is 14.7 Å². The molecule has 0 saturated heterocycles. The first kappa shape index (κ1) is 16.1. The summed E-state index contributed by atoms with van der Waals surface area (Å²) in [5, 5.41) is 13.3. The molecule has 1 amide bonds. The molecule has 2 aromatic heterocycles. The van der Waals surface area contributed by atoms with Crippen LogP contribution in [-0.2, 0) is 4.79 Å². The number of carboxylic acids is 1. The number of rotatable bonds is 5. The van der Waals surface area contributed by atoms with Crippen molar-refractivity contribution in [1.29, 1.82) is 0 Å². The summed E-state index contributed by atoms with van der Waals surface area (Å²) in [6.45, 7) is 3.24. The van der Waals surface area contributed by atoms with Gasteiger partial charge in [-0.3, -0.25) is 9.59 Å². The maximum Gasteiger partial charge on any atom is 0.323 e. The predicted molar refractivity (Wildman–Crippen MR) is 86.9 cm³/mol. The molecule has 1 N–H and O–H groups in total. The molecular weight excluding hydrogens is 376 g/mol. The van der Waals surface area contributed by atoms with Crippen LogP contribution < -0.4 is 0 Å². The molecule has 0 unspecified atom stereocenters. The molecule has 0 aliphatic heterocycles. The topological polar surface area (TPSA) is 70.5 Å². The predicted octanol–water partition coefficient (Wildman–Crippen LogP) is 3.57. The molecule has 0 aromatic carbocycles. The molecule has 21 heavy (non-hydrogen) atoms. The Morgan fingerprint density at radius 2 is 2.10 bits per heavy atom. The molecule has 0 fully saturated rings. The van der Waals surface area contributed by atoms with Gasteiger partial charge in [0.25, 0.3) is 5.91 Å². The molecule has 112 valence electrons. The van der Waals surface area contributed by atoms with Crippen LogP contribution in [0.25, 0.3) is 9.88 Å². The number of carbonyl (C=O) groups excluding carboxylic acids is 1. The lowest BCUT2D eigenvalue weighted by atomic mass is 10.3. The number of carbonyl (C=O) groups is 2. The number of hydrogen-bond donors (Lipinski definition) is 1. The molecule has 0 aliphatic rings. The fraction of sp³-hybridized carbons (Fsp3) is 0.308. The second kappa shape index (κ2) is 6.67. The minimum Gasteiger partial charge on any atom is -0.480 e. The molecule has 2 heterocycles. The zero-order chi connectivity index (χ0) is 15.6. The molecule has 0 bridgehead atoms. The van der Waals surface area contributed by atoms with Crippen LogP contribution in [0.5, 0.6) is 0 Å². The Morgan fingerprint density at radius 1 is 1.38 bits per heavy atom. The Bertz CT molecular complexity index is 666. The van der Waals surface area contributed by atoms with Gasteiger partial charge < -0.3 is 10.0 Å². The van der Waals surface area contributed by atoms with Crippen molar-refractivity contribution >= 4 is 50.5 Å². The van der Waals surface area contributed by atoms with Gasteiger partial charge in [-0.2, -0.15) is 0 Å². The third kappa shape index (κ3) is 3.90. The third-order valence-corrected chi connectivity index (χ3v) is 5.39. The molecule has 0 radical (unpaired) electrons. The smallest absolute Gasteiger partial charge is 0.323 e. The van der Waals surface area contributed by atoms with E-state index in [9.17, 15) is 9.59 Å². The van der Waals surface area contributed by atoms with Gasteiger partial charge in [-0.15, -0.1) is 22.7 Å². The second-order valence-corrected chi connectivity index (χ2v) is 7.27. The average Bonchev–Trinajstić information content (AvgIpc) is 3.03. The molecule has 5 nitrogen and oxygen atoms in total. The van der Waals surface area contributed by atoms with Gasteiger partial charge in [-0.25, -0.2) is 4.98 Å². The molecular formula is C13H13BrN2O3S2. The van der Waals surface area contributed by atoms with Crippen LogP contribution in [0.4, 0.5) is 0 Å². The number of aromatic nitrogens is 1. The van der Waals surface area contributed by atoms with E-state index in [0.717, 1.165) is 14.4 Å². The summed E-state index contributed by atoms with van der Waals surface area (Å²) in [7, 11) is 0. The largest absolute Gasteiger partial charge is 0.480 e. The monoisotopic (exact) mass is 388 g/mol. The van der Waals surface area contributed by atoms with E-state index in [2.05, 4.69) is 20.9 Å². The van der Waals surface area contributed by atoms with E-state index in [4.69, 9.17) is 5.11 Å². The average molecular weight is 389 g/mol. The van der Waals surface area contributed by atoms with Crippen LogP contribution in [0.2, 0.25) is 0 Å². The second-order valence-electron chi connectivity index (χ2n) is 4.59. The normalized spacial score (nSPS) is 10.9. The van der Waals surface area contributed by atoms with E-state index < -0.39 is 5.97 Å². The Balaban J connectivity index is 2.23. The van der Waals surface area contributed by atoms with E-state index in [1.54, 1.807) is 19.2 Å². The number of nitrogens with zero attached hydrogens (tertiary/aromatic N) is 2. The maximum atomic E-state index is 12.4. The fourth-order valence-corrected chi connectivity index (χ4v) is 3.99. The van der Waals surface area contributed by atoms with E-state index in [-0.39, 0.29) is 24.2 Å². The minimum atomic E-state index is -1.03. The van der Waals surface area contributed by atoms with Crippen molar-refractivity contribution in [2.24, 2.45) is 0 Å². The lowest BCUT2D eigenvalue weighted by molar-refractivity contribution is -0.138. The minimum absolute atomic E-state index is 0.199. The molecule has 0 atom stereocenters. The van der Waals surface area contributed by atoms with E-state index in [1.165, 1.54) is 27.6 Å². The number of aliphatic carboxylic acids is 1. The summed E-state index contributed by atoms with van der Waals surface area (Å²) < 4.78 is 0.972. The van der Waals surface area contributed by atoms with Gasteiger partial charge in [0.15, 0.2) is 0 Å². The van der Waals surface area contributed by atoms with Crippen molar-refractivity contribution in [3.05, 3.63) is 27.0 Å². The van der Waals surface area contributed by atoms with E-state index in [0.29, 0.717) is 0 Å². The summed E-state index contributed by atoms with van der Waals surface area (Å²) >= 11 is 6.29. The standard InChI is InChI=1S/C13H13BrN2O3S2/c1-7(2)16(4-11(17)18)13(19)9-6-21-12(15-9)10-3-8(14)5-20-10/h3,5-7H,4H2,1-2H3,(H,17,18). The fourth-order valence-electron chi connectivity index (χ4n) is 1.69. The number of thiophene rings is 1. The summed E-state index contributed by atoms with van der Waals surface area (Å²) in [6.07, 6.45) is 0. The maximum absolute atomic E-state index is 12.4. The van der Waals surface area contributed by atoms with Gasteiger partial charge in [0.1, 0.15) is 17.2 Å². The SMILES string of the molecule is CC(C)N(CC(=O)O)C(=O)c1csc(-c2cc(Br)cs2)n1. The number of halogens is 1. The highest BCUT2D eigenvalue weighted by molar-refractivity contribution is 9.10. The van der Waals surface area contributed by atoms with Gasteiger partial charge >= 0.3 is 5.97 Å². The summed E-state index contributed by atoms with van der Waals surface area (Å²) in [5.74, 6) is -1.39. The lowest BCUT2D eigenvalue weighted by Gasteiger charge is -2.23. The van der Waals surface area contributed by atoms with Crippen LogP contribution in [0.15, 0.2) is 21.3 Å². The highest BCUT2D eigenvalue weighted by atomic mass is 79.9. The molecule has 0 saturated carbocycles. The Labute approximate surface area is 138 Å². The third-order valence-electron chi connectivity index (χ3n) is 2.69. The number of hydrogen-bond acceptors (Lipinski definition) is 5. The first-order valence-electron chi connectivity index (χ1n) is 6.11. The molecule has 2 aromatic rings. The van der Waals surface area contributed by atoms with Crippen molar-refractivity contribution in [2.45, 2.75) is 19.9 Å². The zero-order valence-corrected chi connectivity index (χ0v) is 14.6. The summed E-state index contributed by atoms with van der Waals surface area (Å²) in [5.41, 5.74) is 0.287. The number of amides is 1. The van der Waals surface area contributed by atoms with Crippen LogP contribution in [0.1, 0.15) is 24.3 Å².